The van der Waals surface area contributed by atoms with Crippen molar-refractivity contribution in [2.24, 2.45) is 0 Å². The molecule has 1 aromatic rings. The predicted molar refractivity (Wildman–Crippen MR) is 75.7 cm³/mol. The smallest absolute Gasteiger partial charge is 0.330 e. The van der Waals surface area contributed by atoms with E-state index < -0.39 is 52.5 Å². The first kappa shape index (κ1) is 17.3. The van der Waals surface area contributed by atoms with Crippen molar-refractivity contribution in [3.8, 4) is 0 Å². The number of aromatic amines is 1. The van der Waals surface area contributed by atoms with Crippen LogP contribution >= 0.6 is 15.9 Å². The van der Waals surface area contributed by atoms with Crippen LogP contribution in [-0.2, 0) is 19.0 Å². The number of halogens is 1. The predicted octanol–water partition coefficient (Wildman–Crippen LogP) is -2.11. The third-order valence-electron chi connectivity index (χ3n) is 2.97. The van der Waals surface area contributed by atoms with Crippen LogP contribution in [0.5, 0.6) is 0 Å². The molecule has 3 N–H and O–H groups in total. The number of nitrogens with zero attached hydrogens (tertiary/aromatic N) is 1. The number of rotatable bonds is 4. The zero-order valence-electron chi connectivity index (χ0n) is 11.2. The zero-order chi connectivity index (χ0) is 16.7. The summed E-state index contributed by atoms with van der Waals surface area (Å²) in [5, 5.41) is 19.4. The van der Waals surface area contributed by atoms with Crippen LogP contribution in [0.4, 0.5) is 0 Å². The molecule has 1 aromatic heterocycles. The van der Waals surface area contributed by atoms with Gasteiger partial charge < -0.3 is 14.9 Å². The van der Waals surface area contributed by atoms with E-state index in [1.807, 2.05) is 4.98 Å². The van der Waals surface area contributed by atoms with E-state index in [0.29, 0.717) is 0 Å². The summed E-state index contributed by atoms with van der Waals surface area (Å²) in [7, 11) is -3.92. The van der Waals surface area contributed by atoms with E-state index in [1.54, 1.807) is 0 Å². The second kappa shape index (κ2) is 6.22. The minimum atomic E-state index is -3.92. The lowest BCUT2D eigenvalue weighted by Gasteiger charge is -2.18. The highest BCUT2D eigenvalue weighted by molar-refractivity contribution is 9.10. The topological polar surface area (TPSA) is 148 Å². The van der Waals surface area contributed by atoms with Gasteiger partial charge in [-0.25, -0.2) is 4.79 Å². The Kier molecular flexibility index (Phi) is 4.89. The van der Waals surface area contributed by atoms with Crippen LogP contribution in [-0.4, -0.2) is 59.4 Å². The Bertz CT molecular complexity index is 772. The number of aliphatic hydroxyl groups is 2. The third-order valence-corrected chi connectivity index (χ3v) is 4.11. The van der Waals surface area contributed by atoms with Gasteiger partial charge >= 0.3 is 5.69 Å². The number of aliphatic hydroxyl groups excluding tert-OH is 2. The van der Waals surface area contributed by atoms with E-state index in [4.69, 9.17) is 8.92 Å². The quantitative estimate of drug-likeness (QED) is 0.486. The second-order valence-electron chi connectivity index (χ2n) is 4.65. The SMILES string of the molecule is CS(=O)(=O)O[C@@H]1[C@@H](O)[C@H](n2cc(Br)c(=O)[nH]c2=O)O[C@@H]1CO. The molecule has 1 aliphatic rings. The first-order valence-corrected chi connectivity index (χ1v) is 8.58. The molecule has 0 unspecified atom stereocenters. The highest BCUT2D eigenvalue weighted by Crippen LogP contribution is 2.31. The van der Waals surface area contributed by atoms with Crippen LogP contribution in [0.3, 0.4) is 0 Å². The average molecular weight is 401 g/mol. The molecular weight excluding hydrogens is 388 g/mol. The van der Waals surface area contributed by atoms with E-state index in [2.05, 4.69) is 15.9 Å². The van der Waals surface area contributed by atoms with Crippen molar-refractivity contribution in [3.63, 3.8) is 0 Å². The van der Waals surface area contributed by atoms with Gasteiger partial charge in [0.2, 0.25) is 0 Å². The fourth-order valence-electron chi connectivity index (χ4n) is 2.07. The molecule has 10 nitrogen and oxygen atoms in total. The lowest BCUT2D eigenvalue weighted by atomic mass is 10.1. The van der Waals surface area contributed by atoms with Gasteiger partial charge in [0.1, 0.15) is 18.3 Å². The zero-order valence-corrected chi connectivity index (χ0v) is 13.6. The van der Waals surface area contributed by atoms with E-state index in [9.17, 15) is 28.2 Å². The molecule has 124 valence electrons. The number of aromatic nitrogens is 2. The Hall–Kier alpha value is -1.05. The van der Waals surface area contributed by atoms with Crippen molar-refractivity contribution in [1.29, 1.82) is 0 Å². The number of hydrogen-bond acceptors (Lipinski definition) is 8. The molecular formula is C10H13BrN2O8S. The van der Waals surface area contributed by atoms with Crippen molar-refractivity contribution in [2.45, 2.75) is 24.5 Å². The number of hydrogen-bond donors (Lipinski definition) is 3. The maximum Gasteiger partial charge on any atom is 0.330 e. The van der Waals surface area contributed by atoms with Crippen molar-refractivity contribution in [3.05, 3.63) is 31.5 Å². The number of H-pyrrole nitrogens is 1. The summed E-state index contributed by atoms with van der Waals surface area (Å²) >= 11 is 2.93. The van der Waals surface area contributed by atoms with Crippen molar-refractivity contribution < 1.29 is 27.6 Å². The van der Waals surface area contributed by atoms with Gasteiger partial charge in [-0.1, -0.05) is 0 Å². The number of nitrogens with one attached hydrogen (secondary N) is 1. The van der Waals surface area contributed by atoms with E-state index in [0.717, 1.165) is 17.0 Å². The maximum absolute atomic E-state index is 11.8. The Morgan fingerprint density at radius 3 is 2.68 bits per heavy atom. The van der Waals surface area contributed by atoms with Gasteiger partial charge in [-0.3, -0.25) is 18.5 Å². The molecule has 1 saturated heterocycles. The standard InChI is InChI=1S/C10H13BrN2O8S/c1-22(18,19)21-7-5(3-14)20-9(6(7)15)13-2-4(11)8(16)12-10(13)17/h2,5-7,9,14-15H,3H2,1H3,(H,12,16,17)/t5-,6-,7+,9-/m1/s1. The summed E-state index contributed by atoms with van der Waals surface area (Å²) in [6.07, 6.45) is -3.56. The molecule has 22 heavy (non-hydrogen) atoms. The number of ether oxygens (including phenoxy) is 1. The molecule has 0 saturated carbocycles. The lowest BCUT2D eigenvalue weighted by Crippen LogP contribution is -2.40. The van der Waals surface area contributed by atoms with Crippen LogP contribution in [0.2, 0.25) is 0 Å². The highest BCUT2D eigenvalue weighted by Gasteiger charge is 2.47. The lowest BCUT2D eigenvalue weighted by molar-refractivity contribution is -0.0544. The third kappa shape index (κ3) is 3.47. The van der Waals surface area contributed by atoms with Crippen molar-refractivity contribution in [2.75, 3.05) is 12.9 Å². The van der Waals surface area contributed by atoms with Gasteiger partial charge in [-0.05, 0) is 15.9 Å². The van der Waals surface area contributed by atoms with Gasteiger partial charge in [0.15, 0.2) is 6.23 Å². The fourth-order valence-corrected chi connectivity index (χ4v) is 3.03. The normalized spacial score (nSPS) is 28.9. The summed E-state index contributed by atoms with van der Waals surface area (Å²) in [5.41, 5.74) is -1.54. The Labute approximate surface area is 132 Å². The summed E-state index contributed by atoms with van der Waals surface area (Å²) in [6.45, 7) is -0.632. The average Bonchev–Trinajstić information content (AvgIpc) is 2.69. The summed E-state index contributed by atoms with van der Waals surface area (Å²) in [6, 6.07) is 0. The first-order valence-electron chi connectivity index (χ1n) is 5.97. The molecule has 0 aromatic carbocycles. The molecule has 2 rings (SSSR count). The molecule has 0 bridgehead atoms. The summed E-state index contributed by atoms with van der Waals surface area (Å²) in [5.74, 6) is 0. The van der Waals surface area contributed by atoms with Crippen LogP contribution < -0.4 is 11.2 Å². The Morgan fingerprint density at radius 1 is 1.50 bits per heavy atom. The van der Waals surface area contributed by atoms with Crippen LogP contribution in [0.1, 0.15) is 6.23 Å². The van der Waals surface area contributed by atoms with Gasteiger partial charge in [0.25, 0.3) is 15.7 Å². The molecule has 4 atom stereocenters. The van der Waals surface area contributed by atoms with E-state index in [-0.39, 0.29) is 4.47 Å². The monoisotopic (exact) mass is 400 g/mol. The summed E-state index contributed by atoms with van der Waals surface area (Å²) < 4.78 is 33.3. The first-order chi connectivity index (χ1) is 10.1. The van der Waals surface area contributed by atoms with Crippen LogP contribution in [0, 0.1) is 0 Å². The minimum absolute atomic E-state index is 0.0101. The van der Waals surface area contributed by atoms with Crippen molar-refractivity contribution in [1.82, 2.24) is 9.55 Å². The van der Waals surface area contributed by atoms with Gasteiger partial charge in [0.05, 0.1) is 17.3 Å². The minimum Gasteiger partial charge on any atom is -0.394 e. The molecule has 0 spiro atoms. The molecule has 1 fully saturated rings. The molecule has 0 amide bonds. The van der Waals surface area contributed by atoms with Gasteiger partial charge in [0, 0.05) is 6.20 Å². The maximum atomic E-state index is 11.8. The van der Waals surface area contributed by atoms with E-state index >= 15 is 0 Å². The largest absolute Gasteiger partial charge is 0.394 e. The van der Waals surface area contributed by atoms with Crippen LogP contribution in [0.25, 0.3) is 0 Å². The highest BCUT2D eigenvalue weighted by atomic mass is 79.9. The van der Waals surface area contributed by atoms with Gasteiger partial charge in [-0.2, -0.15) is 8.42 Å². The Balaban J connectivity index is 2.40. The fraction of sp³-hybridized carbons (Fsp3) is 0.600. The molecule has 1 aliphatic heterocycles. The molecule has 0 aliphatic carbocycles. The second-order valence-corrected chi connectivity index (χ2v) is 7.10. The Morgan fingerprint density at radius 2 is 2.14 bits per heavy atom. The molecule has 0 radical (unpaired) electrons. The van der Waals surface area contributed by atoms with Crippen LogP contribution in [0.15, 0.2) is 20.3 Å². The molecule has 2 heterocycles. The van der Waals surface area contributed by atoms with E-state index in [1.165, 1.54) is 0 Å². The van der Waals surface area contributed by atoms with Crippen molar-refractivity contribution >= 4 is 26.0 Å². The summed E-state index contributed by atoms with van der Waals surface area (Å²) in [4.78, 5) is 25.1. The van der Waals surface area contributed by atoms with Gasteiger partial charge in [-0.15, -0.1) is 0 Å². The molecule has 12 heteroatoms.